The summed E-state index contributed by atoms with van der Waals surface area (Å²) in [4.78, 5) is 4.44. The summed E-state index contributed by atoms with van der Waals surface area (Å²) in [5.41, 5.74) is 0. The molecule has 0 saturated carbocycles. The highest BCUT2D eigenvalue weighted by atomic mass is 16.5. The summed E-state index contributed by atoms with van der Waals surface area (Å²) in [6, 6.07) is 0. The van der Waals surface area contributed by atoms with Crippen LogP contribution in [0.25, 0.3) is 0 Å². The van der Waals surface area contributed by atoms with Gasteiger partial charge < -0.3 is 14.6 Å². The molecular formula is C14H25N3O2. The Kier molecular flexibility index (Phi) is 5.34. The molecule has 1 fully saturated rings. The van der Waals surface area contributed by atoms with Crippen molar-refractivity contribution < 1.29 is 9.26 Å². The van der Waals surface area contributed by atoms with Crippen LogP contribution in [0.3, 0.4) is 0 Å². The summed E-state index contributed by atoms with van der Waals surface area (Å²) >= 11 is 0. The van der Waals surface area contributed by atoms with Gasteiger partial charge in [-0.25, -0.2) is 0 Å². The molecule has 1 N–H and O–H groups in total. The van der Waals surface area contributed by atoms with Gasteiger partial charge in [-0.15, -0.1) is 0 Å². The molecule has 108 valence electrons. The number of hydrogen-bond acceptors (Lipinski definition) is 5. The van der Waals surface area contributed by atoms with Crippen LogP contribution in [-0.4, -0.2) is 29.8 Å². The smallest absolute Gasteiger partial charge is 0.227 e. The molecule has 3 unspecified atom stereocenters. The monoisotopic (exact) mass is 267 g/mol. The van der Waals surface area contributed by atoms with Crippen molar-refractivity contribution in [1.29, 1.82) is 0 Å². The molecule has 2 rings (SSSR count). The van der Waals surface area contributed by atoms with Crippen LogP contribution < -0.4 is 5.32 Å². The second kappa shape index (κ2) is 7.01. The molecule has 0 bridgehead atoms. The van der Waals surface area contributed by atoms with Crippen LogP contribution in [0.2, 0.25) is 0 Å². The van der Waals surface area contributed by atoms with E-state index in [1.165, 1.54) is 12.8 Å². The topological polar surface area (TPSA) is 60.2 Å². The van der Waals surface area contributed by atoms with Crippen LogP contribution in [0.4, 0.5) is 0 Å². The lowest BCUT2D eigenvalue weighted by atomic mass is 9.85. The van der Waals surface area contributed by atoms with Gasteiger partial charge in [-0.3, -0.25) is 0 Å². The van der Waals surface area contributed by atoms with E-state index in [9.17, 15) is 0 Å². The predicted molar refractivity (Wildman–Crippen MR) is 72.8 cm³/mol. The summed E-state index contributed by atoms with van der Waals surface area (Å²) < 4.78 is 10.8. The Morgan fingerprint density at radius 1 is 1.47 bits per heavy atom. The molecule has 5 heteroatoms. The third-order valence-corrected chi connectivity index (χ3v) is 3.90. The van der Waals surface area contributed by atoms with E-state index in [-0.39, 0.29) is 6.10 Å². The molecule has 3 atom stereocenters. The zero-order valence-electron chi connectivity index (χ0n) is 12.2. The molecule has 1 saturated heterocycles. The van der Waals surface area contributed by atoms with E-state index in [0.29, 0.717) is 24.3 Å². The van der Waals surface area contributed by atoms with Crippen molar-refractivity contribution in [1.82, 2.24) is 15.5 Å². The number of nitrogens with zero attached hydrogens (tertiary/aromatic N) is 2. The normalized spacial score (nSPS) is 23.2. The van der Waals surface area contributed by atoms with E-state index in [1.807, 2.05) is 13.8 Å². The van der Waals surface area contributed by atoms with E-state index in [0.717, 1.165) is 25.4 Å². The zero-order valence-corrected chi connectivity index (χ0v) is 12.2. The molecular weight excluding hydrogens is 242 g/mol. The summed E-state index contributed by atoms with van der Waals surface area (Å²) in [7, 11) is 0. The first-order chi connectivity index (χ1) is 9.20. The van der Waals surface area contributed by atoms with Crippen molar-refractivity contribution in [3.05, 3.63) is 11.7 Å². The highest BCUT2D eigenvalue weighted by Gasteiger charge is 2.23. The van der Waals surface area contributed by atoms with Crippen LogP contribution >= 0.6 is 0 Å². The molecule has 5 nitrogen and oxygen atoms in total. The maximum Gasteiger partial charge on any atom is 0.227 e. The third kappa shape index (κ3) is 4.01. The lowest BCUT2D eigenvalue weighted by Gasteiger charge is -2.27. The highest BCUT2D eigenvalue weighted by Crippen LogP contribution is 2.23. The first kappa shape index (κ1) is 14.5. The van der Waals surface area contributed by atoms with Crippen LogP contribution in [0.5, 0.6) is 0 Å². The van der Waals surface area contributed by atoms with Gasteiger partial charge in [-0.1, -0.05) is 12.1 Å². The molecule has 0 aliphatic carbocycles. The van der Waals surface area contributed by atoms with E-state index < -0.39 is 0 Å². The lowest BCUT2D eigenvalue weighted by molar-refractivity contribution is 0.0683. The zero-order chi connectivity index (χ0) is 13.7. The average Bonchev–Trinajstić information content (AvgIpc) is 2.88. The Morgan fingerprint density at radius 3 is 3.00 bits per heavy atom. The Bertz CT molecular complexity index is 375. The molecule has 1 aliphatic heterocycles. The minimum atomic E-state index is -0.0887. The molecule has 0 aromatic carbocycles. The van der Waals surface area contributed by atoms with Crippen LogP contribution in [0.15, 0.2) is 4.52 Å². The maximum atomic E-state index is 5.47. The standard InChI is InChI=1S/C14H25N3O2/c1-4-18-11(3)14-16-13(19-17-14)8-10(2)12-6-5-7-15-9-12/h10-12,15H,4-9H2,1-3H3. The van der Waals surface area contributed by atoms with Crippen molar-refractivity contribution in [2.45, 2.75) is 46.1 Å². The summed E-state index contributed by atoms with van der Waals surface area (Å²) in [5, 5.41) is 7.46. The van der Waals surface area contributed by atoms with Gasteiger partial charge in [0.15, 0.2) is 5.82 Å². The molecule has 1 aliphatic rings. The second-order valence-electron chi connectivity index (χ2n) is 5.43. The Labute approximate surface area is 115 Å². The average molecular weight is 267 g/mol. The Balaban J connectivity index is 1.88. The number of hydrogen-bond donors (Lipinski definition) is 1. The van der Waals surface area contributed by atoms with E-state index in [1.54, 1.807) is 0 Å². The van der Waals surface area contributed by atoms with E-state index in [4.69, 9.17) is 9.26 Å². The highest BCUT2D eigenvalue weighted by molar-refractivity contribution is 4.92. The molecule has 2 heterocycles. The van der Waals surface area contributed by atoms with Gasteiger partial charge in [0.2, 0.25) is 5.89 Å². The fraction of sp³-hybridized carbons (Fsp3) is 0.857. The van der Waals surface area contributed by atoms with Crippen LogP contribution in [0.1, 0.15) is 51.4 Å². The molecule has 0 amide bonds. The minimum Gasteiger partial charge on any atom is -0.371 e. The van der Waals surface area contributed by atoms with Crippen molar-refractivity contribution in [3.8, 4) is 0 Å². The Morgan fingerprint density at radius 2 is 2.32 bits per heavy atom. The lowest BCUT2D eigenvalue weighted by Crippen LogP contribution is -2.33. The molecule has 0 radical (unpaired) electrons. The predicted octanol–water partition coefficient (Wildman–Crippen LogP) is 2.35. The van der Waals surface area contributed by atoms with Gasteiger partial charge in [-0.05, 0) is 51.6 Å². The van der Waals surface area contributed by atoms with Gasteiger partial charge in [0, 0.05) is 13.0 Å². The summed E-state index contributed by atoms with van der Waals surface area (Å²) in [6.07, 6.45) is 3.34. The fourth-order valence-corrected chi connectivity index (χ4v) is 2.65. The largest absolute Gasteiger partial charge is 0.371 e. The van der Waals surface area contributed by atoms with Crippen molar-refractivity contribution in [3.63, 3.8) is 0 Å². The van der Waals surface area contributed by atoms with Crippen LogP contribution in [0, 0.1) is 11.8 Å². The third-order valence-electron chi connectivity index (χ3n) is 3.90. The number of aromatic nitrogens is 2. The van der Waals surface area contributed by atoms with E-state index in [2.05, 4.69) is 22.4 Å². The summed E-state index contributed by atoms with van der Waals surface area (Å²) in [5.74, 6) is 2.68. The molecule has 0 spiro atoms. The van der Waals surface area contributed by atoms with Crippen LogP contribution in [-0.2, 0) is 11.2 Å². The SMILES string of the molecule is CCOC(C)c1noc(CC(C)C2CCCNC2)n1. The number of rotatable bonds is 6. The Hall–Kier alpha value is -0.940. The minimum absolute atomic E-state index is 0.0887. The quantitative estimate of drug-likeness (QED) is 0.857. The number of piperidine rings is 1. The van der Waals surface area contributed by atoms with Crippen molar-refractivity contribution in [2.24, 2.45) is 11.8 Å². The second-order valence-corrected chi connectivity index (χ2v) is 5.43. The first-order valence-corrected chi connectivity index (χ1v) is 7.35. The number of ether oxygens (including phenoxy) is 1. The number of nitrogens with one attached hydrogen (secondary N) is 1. The summed E-state index contributed by atoms with van der Waals surface area (Å²) in [6.45, 7) is 9.11. The van der Waals surface area contributed by atoms with Gasteiger partial charge in [0.05, 0.1) is 0 Å². The molecule has 1 aromatic rings. The van der Waals surface area contributed by atoms with Gasteiger partial charge in [0.1, 0.15) is 6.10 Å². The van der Waals surface area contributed by atoms with Crippen molar-refractivity contribution >= 4 is 0 Å². The van der Waals surface area contributed by atoms with E-state index >= 15 is 0 Å². The van der Waals surface area contributed by atoms with Gasteiger partial charge >= 0.3 is 0 Å². The first-order valence-electron chi connectivity index (χ1n) is 7.35. The van der Waals surface area contributed by atoms with Crippen molar-refractivity contribution in [2.75, 3.05) is 19.7 Å². The molecule has 19 heavy (non-hydrogen) atoms. The van der Waals surface area contributed by atoms with Gasteiger partial charge in [-0.2, -0.15) is 4.98 Å². The maximum absolute atomic E-state index is 5.47. The fourth-order valence-electron chi connectivity index (χ4n) is 2.65. The van der Waals surface area contributed by atoms with Gasteiger partial charge in [0.25, 0.3) is 0 Å². The molecule has 1 aromatic heterocycles.